The van der Waals surface area contributed by atoms with Gasteiger partial charge in [0.15, 0.2) is 0 Å². The third kappa shape index (κ3) is 3.83. The van der Waals surface area contributed by atoms with Crippen molar-refractivity contribution in [2.75, 3.05) is 18.0 Å². The molecule has 3 heterocycles. The monoisotopic (exact) mass is 461 g/mol. The summed E-state index contributed by atoms with van der Waals surface area (Å²) in [6.45, 7) is 2.00. The van der Waals surface area contributed by atoms with E-state index in [0.29, 0.717) is 12.1 Å². The predicted octanol–water partition coefficient (Wildman–Crippen LogP) is 5.87. The summed E-state index contributed by atoms with van der Waals surface area (Å²) < 4.78 is 2.03. The zero-order valence-electron chi connectivity index (χ0n) is 19.6. The number of anilines is 2. The van der Waals surface area contributed by atoms with Crippen LogP contribution >= 0.6 is 0 Å². The van der Waals surface area contributed by atoms with Crippen molar-refractivity contribution < 1.29 is 9.59 Å². The number of hydrogen-bond donors (Lipinski definition) is 0. The van der Waals surface area contributed by atoms with Crippen LogP contribution in [0.15, 0.2) is 85.1 Å². The van der Waals surface area contributed by atoms with Gasteiger partial charge in [-0.2, -0.15) is 0 Å². The molecule has 1 fully saturated rings. The quantitative estimate of drug-likeness (QED) is 0.357. The summed E-state index contributed by atoms with van der Waals surface area (Å²) in [6.07, 6.45) is 7.35. The molecule has 1 saturated heterocycles. The molecular formula is C30H27N3O2. The van der Waals surface area contributed by atoms with E-state index in [-0.39, 0.29) is 11.8 Å². The minimum atomic E-state index is -0.0429. The summed E-state index contributed by atoms with van der Waals surface area (Å²) in [5.41, 5.74) is 5.27. The highest BCUT2D eigenvalue weighted by Gasteiger charge is 2.33. The van der Waals surface area contributed by atoms with Crippen LogP contribution in [0.5, 0.6) is 0 Å². The van der Waals surface area contributed by atoms with Gasteiger partial charge in [-0.25, -0.2) is 0 Å². The third-order valence-corrected chi connectivity index (χ3v) is 7.02. The second-order valence-corrected chi connectivity index (χ2v) is 9.22. The Bertz CT molecular complexity index is 1450. The zero-order valence-corrected chi connectivity index (χ0v) is 19.6. The van der Waals surface area contributed by atoms with Crippen molar-refractivity contribution in [3.8, 4) is 0 Å². The van der Waals surface area contributed by atoms with Gasteiger partial charge in [-0.15, -0.1) is 0 Å². The van der Waals surface area contributed by atoms with E-state index in [1.165, 1.54) is 6.42 Å². The van der Waals surface area contributed by atoms with Gasteiger partial charge in [0.25, 0.3) is 5.91 Å². The Morgan fingerprint density at radius 1 is 0.829 bits per heavy atom. The maximum Gasteiger partial charge on any atom is 0.263 e. The summed E-state index contributed by atoms with van der Waals surface area (Å²) in [4.78, 5) is 30.4. The fraction of sp³-hybridized carbons (Fsp3) is 0.200. The number of carbonyl (C=O) groups is 2. The Morgan fingerprint density at radius 3 is 2.37 bits per heavy atom. The number of nitrogens with zero attached hydrogens (tertiary/aromatic N) is 3. The Labute approximate surface area is 204 Å². The first-order valence-corrected chi connectivity index (χ1v) is 12.3. The Morgan fingerprint density at radius 2 is 1.54 bits per heavy atom. The lowest BCUT2D eigenvalue weighted by atomic mass is 10.0. The van der Waals surface area contributed by atoms with Crippen LogP contribution in [-0.4, -0.2) is 34.4 Å². The van der Waals surface area contributed by atoms with Gasteiger partial charge in [0, 0.05) is 47.0 Å². The van der Waals surface area contributed by atoms with Crippen molar-refractivity contribution >= 4 is 45.7 Å². The lowest BCUT2D eigenvalue weighted by Gasteiger charge is -2.27. The van der Waals surface area contributed by atoms with Gasteiger partial charge < -0.3 is 9.47 Å². The summed E-state index contributed by atoms with van der Waals surface area (Å²) in [5, 5.41) is 1.04. The molecule has 5 heteroatoms. The summed E-state index contributed by atoms with van der Waals surface area (Å²) in [7, 11) is 0. The average Bonchev–Trinajstić information content (AvgIpc) is 3.40. The molecule has 35 heavy (non-hydrogen) atoms. The van der Waals surface area contributed by atoms with Gasteiger partial charge in [0.2, 0.25) is 5.91 Å². The number of likely N-dealkylation sites (tertiary alicyclic amines) is 1. The molecule has 2 aliphatic heterocycles. The van der Waals surface area contributed by atoms with Crippen LogP contribution in [0.2, 0.25) is 0 Å². The first-order chi connectivity index (χ1) is 17.2. The second-order valence-electron chi connectivity index (χ2n) is 9.22. The predicted molar refractivity (Wildman–Crippen MR) is 140 cm³/mol. The molecule has 0 saturated carbocycles. The van der Waals surface area contributed by atoms with Gasteiger partial charge in [0.1, 0.15) is 6.54 Å². The molecule has 2 aliphatic rings. The van der Waals surface area contributed by atoms with Gasteiger partial charge in [-0.05, 0) is 49.6 Å². The molecule has 5 nitrogen and oxygen atoms in total. The number of benzene rings is 3. The number of para-hydroxylation sites is 3. The maximum absolute atomic E-state index is 13.7. The SMILES string of the molecule is O=C(Cn1cc(C=C2C(=O)N(c3ccccc3)c3ccccc32)c2ccccc21)N1CCCCC1. The third-order valence-electron chi connectivity index (χ3n) is 7.02. The van der Waals surface area contributed by atoms with Gasteiger partial charge in [0.05, 0.1) is 11.3 Å². The highest BCUT2D eigenvalue weighted by Crippen LogP contribution is 2.42. The number of piperidine rings is 1. The first-order valence-electron chi connectivity index (χ1n) is 12.3. The van der Waals surface area contributed by atoms with Crippen molar-refractivity contribution in [2.24, 2.45) is 0 Å². The number of aromatic nitrogens is 1. The van der Waals surface area contributed by atoms with E-state index in [9.17, 15) is 9.59 Å². The minimum absolute atomic E-state index is 0.0429. The topological polar surface area (TPSA) is 45.6 Å². The van der Waals surface area contributed by atoms with Crippen LogP contribution in [-0.2, 0) is 16.1 Å². The number of amides is 2. The van der Waals surface area contributed by atoms with E-state index in [1.807, 2.05) is 94.5 Å². The van der Waals surface area contributed by atoms with Crippen LogP contribution in [0.25, 0.3) is 22.6 Å². The highest BCUT2D eigenvalue weighted by atomic mass is 16.2. The van der Waals surface area contributed by atoms with E-state index in [2.05, 4.69) is 6.07 Å². The fourth-order valence-corrected chi connectivity index (χ4v) is 5.28. The molecule has 4 aromatic rings. The minimum Gasteiger partial charge on any atom is -0.341 e. The van der Waals surface area contributed by atoms with Crippen LogP contribution in [0.3, 0.4) is 0 Å². The van der Waals surface area contributed by atoms with E-state index in [4.69, 9.17) is 0 Å². The van der Waals surface area contributed by atoms with Crippen LogP contribution in [0.1, 0.15) is 30.4 Å². The molecule has 2 amide bonds. The first kappa shape index (κ1) is 21.4. The van der Waals surface area contributed by atoms with Crippen molar-refractivity contribution in [1.82, 2.24) is 9.47 Å². The molecule has 0 bridgehead atoms. The van der Waals surface area contributed by atoms with Gasteiger partial charge in [-0.3, -0.25) is 14.5 Å². The molecular weight excluding hydrogens is 434 g/mol. The lowest BCUT2D eigenvalue weighted by Crippen LogP contribution is -2.37. The van der Waals surface area contributed by atoms with Crippen LogP contribution in [0.4, 0.5) is 11.4 Å². The number of carbonyl (C=O) groups excluding carboxylic acids is 2. The van der Waals surface area contributed by atoms with E-state index in [1.54, 1.807) is 4.90 Å². The van der Waals surface area contributed by atoms with Gasteiger partial charge in [-0.1, -0.05) is 54.6 Å². The molecule has 1 aromatic heterocycles. The Balaban J connectivity index is 1.41. The summed E-state index contributed by atoms with van der Waals surface area (Å²) >= 11 is 0. The Hall–Kier alpha value is -4.12. The van der Waals surface area contributed by atoms with Crippen molar-refractivity contribution in [3.63, 3.8) is 0 Å². The molecule has 6 rings (SSSR count). The average molecular weight is 462 g/mol. The normalized spacial score (nSPS) is 16.8. The fourth-order valence-electron chi connectivity index (χ4n) is 5.28. The number of hydrogen-bond acceptors (Lipinski definition) is 2. The smallest absolute Gasteiger partial charge is 0.263 e. The van der Waals surface area contributed by atoms with E-state index >= 15 is 0 Å². The highest BCUT2D eigenvalue weighted by molar-refractivity contribution is 6.38. The second kappa shape index (κ2) is 8.91. The molecule has 0 radical (unpaired) electrons. The largest absolute Gasteiger partial charge is 0.341 e. The molecule has 0 aliphatic carbocycles. The summed E-state index contributed by atoms with van der Waals surface area (Å²) in [6, 6.07) is 25.8. The maximum atomic E-state index is 13.7. The molecule has 0 unspecified atom stereocenters. The van der Waals surface area contributed by atoms with E-state index < -0.39 is 0 Å². The standard InChI is InChI=1S/C30H27N3O2/c34-29(31-17-9-2-10-18-31)21-32-20-22(24-13-5-7-15-27(24)32)19-26-25-14-6-8-16-28(25)33(30(26)35)23-11-3-1-4-12-23/h1,3-8,11-16,19-20H,2,9-10,17-18,21H2. The zero-order chi connectivity index (χ0) is 23.8. The van der Waals surface area contributed by atoms with Crippen molar-refractivity contribution in [2.45, 2.75) is 25.8 Å². The van der Waals surface area contributed by atoms with Crippen LogP contribution < -0.4 is 4.90 Å². The van der Waals surface area contributed by atoms with E-state index in [0.717, 1.165) is 59.3 Å². The lowest BCUT2D eigenvalue weighted by molar-refractivity contribution is -0.132. The molecule has 0 spiro atoms. The van der Waals surface area contributed by atoms with Crippen LogP contribution in [0, 0.1) is 0 Å². The summed E-state index contributed by atoms with van der Waals surface area (Å²) in [5.74, 6) is 0.112. The van der Waals surface area contributed by atoms with Gasteiger partial charge >= 0.3 is 0 Å². The number of rotatable bonds is 4. The van der Waals surface area contributed by atoms with Crippen molar-refractivity contribution in [1.29, 1.82) is 0 Å². The van der Waals surface area contributed by atoms with Crippen molar-refractivity contribution in [3.05, 3.63) is 96.2 Å². The molecule has 174 valence electrons. The molecule has 3 aromatic carbocycles. The Kier molecular flexibility index (Phi) is 5.45. The molecule has 0 atom stereocenters. The molecule has 0 N–H and O–H groups in total. The number of fused-ring (bicyclic) bond motifs is 2.